The molecule has 132 valence electrons. The van der Waals surface area contributed by atoms with Gasteiger partial charge in [0.15, 0.2) is 0 Å². The quantitative estimate of drug-likeness (QED) is 0.604. The second-order valence-electron chi connectivity index (χ2n) is 5.42. The van der Waals surface area contributed by atoms with E-state index in [9.17, 15) is 0 Å². The van der Waals surface area contributed by atoms with Crippen LogP contribution < -0.4 is 0 Å². The van der Waals surface area contributed by atoms with Gasteiger partial charge in [-0.25, -0.2) is 0 Å². The summed E-state index contributed by atoms with van der Waals surface area (Å²) in [5.41, 5.74) is 4.25. The van der Waals surface area contributed by atoms with Crippen LogP contribution in [0.1, 0.15) is 25.0 Å². The average molecular weight is 397 g/mol. The molecular weight excluding hydrogens is 377 g/mol. The molecule has 2 aromatic rings. The Bertz CT molecular complexity index is 698. The molecule has 3 nitrogen and oxygen atoms in total. The van der Waals surface area contributed by atoms with Gasteiger partial charge in [-0.3, -0.25) is 9.98 Å². The summed E-state index contributed by atoms with van der Waals surface area (Å²) in [7, 11) is 0. The van der Waals surface area contributed by atoms with Crippen LogP contribution in [0.2, 0.25) is 10.0 Å². The van der Waals surface area contributed by atoms with Gasteiger partial charge in [-0.2, -0.15) is 0 Å². The number of aliphatic imine (C=N–C) groups is 2. The lowest BCUT2D eigenvalue weighted by molar-refractivity contribution is 1.16. The number of hydrogen-bond acceptors (Lipinski definition) is 3. The van der Waals surface area contributed by atoms with Crippen LogP contribution in [-0.2, 0) is 0 Å². The monoisotopic (exact) mass is 395 g/mol. The van der Waals surface area contributed by atoms with E-state index in [2.05, 4.69) is 9.98 Å². The van der Waals surface area contributed by atoms with E-state index in [1.807, 2.05) is 62.4 Å². The molecule has 0 heterocycles. The number of halogens is 3. The lowest BCUT2D eigenvalue weighted by Crippen LogP contribution is -2.10. The first-order valence-corrected chi connectivity index (χ1v) is 8.31. The number of benzene rings is 2. The molecule has 0 spiro atoms. The largest absolute Gasteiger partial charge is 0.306 e. The number of nitrogens with one attached hydrogen (secondary N) is 1. The molecule has 0 saturated carbocycles. The minimum Gasteiger partial charge on any atom is -0.306 e. The van der Waals surface area contributed by atoms with Crippen LogP contribution in [-0.4, -0.2) is 30.2 Å². The molecule has 2 rings (SSSR count). The summed E-state index contributed by atoms with van der Waals surface area (Å²) in [5.74, 6) is 0. The Balaban J connectivity index is 0.00000312. The van der Waals surface area contributed by atoms with Gasteiger partial charge in [0.25, 0.3) is 0 Å². The fraction of sp³-hybridized carbons (Fsp3) is 0.211. The van der Waals surface area contributed by atoms with Crippen LogP contribution in [0.15, 0.2) is 58.5 Å². The van der Waals surface area contributed by atoms with Gasteiger partial charge in [-0.15, -0.1) is 12.4 Å². The molecule has 0 aliphatic heterocycles. The van der Waals surface area contributed by atoms with Crippen molar-refractivity contribution in [2.45, 2.75) is 13.8 Å². The van der Waals surface area contributed by atoms with Crippen LogP contribution in [0.3, 0.4) is 0 Å². The minimum atomic E-state index is 0. The molecule has 0 unspecified atom stereocenters. The number of rotatable bonds is 6. The Kier molecular flexibility index (Phi) is 8.84. The lowest BCUT2D eigenvalue weighted by Gasteiger charge is -2.04. The fourth-order valence-electron chi connectivity index (χ4n) is 2.04. The van der Waals surface area contributed by atoms with E-state index in [1.165, 1.54) is 0 Å². The Morgan fingerprint density at radius 2 is 1.08 bits per heavy atom. The second-order valence-corrected chi connectivity index (χ2v) is 6.29. The van der Waals surface area contributed by atoms with E-state index < -0.39 is 0 Å². The summed E-state index contributed by atoms with van der Waals surface area (Å²) in [6.45, 7) is 4.54. The zero-order valence-electron chi connectivity index (χ0n) is 14.1. The van der Waals surface area contributed by atoms with Gasteiger partial charge in [0.05, 0.1) is 18.8 Å². The molecule has 0 aliphatic carbocycles. The standard InChI is InChI=1S/C19H19Cl2N3.ClH/c1-13(15-3-7-17(20)8-4-15)23-11-19(22)12-24-14(2)16-5-9-18(21)10-6-16;/h3-10,22H,11-12H2,1-2H3;1H. The van der Waals surface area contributed by atoms with E-state index in [0.717, 1.165) is 22.6 Å². The van der Waals surface area contributed by atoms with Gasteiger partial charge in [-0.05, 0) is 49.2 Å². The molecule has 0 amide bonds. The Morgan fingerprint density at radius 1 is 0.760 bits per heavy atom. The second kappa shape index (κ2) is 10.3. The molecule has 1 N–H and O–H groups in total. The molecule has 2 aromatic carbocycles. The maximum atomic E-state index is 8.01. The van der Waals surface area contributed by atoms with Gasteiger partial charge in [-0.1, -0.05) is 47.5 Å². The summed E-state index contributed by atoms with van der Waals surface area (Å²) >= 11 is 11.8. The van der Waals surface area contributed by atoms with Gasteiger partial charge in [0.2, 0.25) is 0 Å². The average Bonchev–Trinajstić information content (AvgIpc) is 2.58. The molecule has 0 saturated heterocycles. The number of hydrogen-bond donors (Lipinski definition) is 1. The highest BCUT2D eigenvalue weighted by Gasteiger charge is 2.01. The highest BCUT2D eigenvalue weighted by Crippen LogP contribution is 2.11. The molecule has 0 fully saturated rings. The first kappa shape index (κ1) is 21.4. The molecule has 25 heavy (non-hydrogen) atoms. The predicted octanol–water partition coefficient (Wildman–Crippen LogP) is 5.75. The van der Waals surface area contributed by atoms with Crippen molar-refractivity contribution in [3.8, 4) is 0 Å². The van der Waals surface area contributed by atoms with E-state index in [1.54, 1.807) is 0 Å². The third-order valence-electron chi connectivity index (χ3n) is 3.54. The molecule has 6 heteroatoms. The SMILES string of the molecule is CC(=NCC(=N)CN=C(C)c1ccc(Cl)cc1)c1ccc(Cl)cc1.Cl. The number of nitrogens with zero attached hydrogens (tertiary/aromatic N) is 2. The van der Waals surface area contributed by atoms with Crippen LogP contribution in [0.25, 0.3) is 0 Å². The molecule has 0 atom stereocenters. The van der Waals surface area contributed by atoms with Crippen molar-refractivity contribution in [1.82, 2.24) is 0 Å². The predicted molar refractivity (Wildman–Crippen MR) is 112 cm³/mol. The van der Waals surface area contributed by atoms with Crippen molar-refractivity contribution in [3.63, 3.8) is 0 Å². The Hall–Kier alpha value is -1.68. The van der Waals surface area contributed by atoms with Crippen molar-refractivity contribution >= 4 is 52.7 Å². The summed E-state index contributed by atoms with van der Waals surface area (Å²) in [5, 5.41) is 9.41. The van der Waals surface area contributed by atoms with Gasteiger partial charge >= 0.3 is 0 Å². The maximum Gasteiger partial charge on any atom is 0.0787 e. The first-order valence-electron chi connectivity index (χ1n) is 7.56. The van der Waals surface area contributed by atoms with Crippen molar-refractivity contribution in [2.24, 2.45) is 9.98 Å². The molecule has 0 radical (unpaired) electrons. The molecule has 0 bridgehead atoms. The van der Waals surface area contributed by atoms with Crippen LogP contribution in [0.5, 0.6) is 0 Å². The Morgan fingerprint density at radius 3 is 1.40 bits per heavy atom. The van der Waals surface area contributed by atoms with Crippen molar-refractivity contribution < 1.29 is 0 Å². The topological polar surface area (TPSA) is 48.6 Å². The van der Waals surface area contributed by atoms with E-state index in [0.29, 0.717) is 28.8 Å². The van der Waals surface area contributed by atoms with Crippen LogP contribution in [0.4, 0.5) is 0 Å². The van der Waals surface area contributed by atoms with Crippen molar-refractivity contribution in [1.29, 1.82) is 5.41 Å². The minimum absolute atomic E-state index is 0. The van der Waals surface area contributed by atoms with Crippen molar-refractivity contribution in [2.75, 3.05) is 13.1 Å². The highest BCUT2D eigenvalue weighted by molar-refractivity contribution is 6.31. The smallest absolute Gasteiger partial charge is 0.0787 e. The van der Waals surface area contributed by atoms with E-state index in [-0.39, 0.29) is 12.4 Å². The third kappa shape index (κ3) is 6.99. The molecule has 0 aromatic heterocycles. The van der Waals surface area contributed by atoms with E-state index >= 15 is 0 Å². The zero-order chi connectivity index (χ0) is 17.5. The van der Waals surface area contributed by atoms with E-state index in [4.69, 9.17) is 28.6 Å². The molecular formula is C19H20Cl3N3. The fourth-order valence-corrected chi connectivity index (χ4v) is 2.29. The normalized spacial score (nSPS) is 11.8. The van der Waals surface area contributed by atoms with Crippen LogP contribution in [0, 0.1) is 5.41 Å². The Labute approximate surface area is 164 Å². The van der Waals surface area contributed by atoms with Gasteiger partial charge in [0.1, 0.15) is 0 Å². The van der Waals surface area contributed by atoms with Crippen LogP contribution >= 0.6 is 35.6 Å². The highest BCUT2D eigenvalue weighted by atomic mass is 35.5. The maximum absolute atomic E-state index is 8.01. The third-order valence-corrected chi connectivity index (χ3v) is 4.04. The summed E-state index contributed by atoms with van der Waals surface area (Å²) in [6.07, 6.45) is 0. The molecule has 0 aliphatic rings. The summed E-state index contributed by atoms with van der Waals surface area (Å²) in [4.78, 5) is 8.90. The van der Waals surface area contributed by atoms with Gasteiger partial charge < -0.3 is 5.41 Å². The summed E-state index contributed by atoms with van der Waals surface area (Å²) in [6, 6.07) is 15.0. The van der Waals surface area contributed by atoms with Gasteiger partial charge in [0, 0.05) is 21.5 Å². The first-order chi connectivity index (χ1) is 11.5. The lowest BCUT2D eigenvalue weighted by atomic mass is 10.1. The summed E-state index contributed by atoms with van der Waals surface area (Å²) < 4.78 is 0. The van der Waals surface area contributed by atoms with Crippen molar-refractivity contribution in [3.05, 3.63) is 69.7 Å². The zero-order valence-corrected chi connectivity index (χ0v) is 16.4.